The fourth-order valence-electron chi connectivity index (χ4n) is 2.32. The van der Waals surface area contributed by atoms with Gasteiger partial charge in [-0.15, -0.1) is 0 Å². The zero-order chi connectivity index (χ0) is 15.7. The zero-order valence-corrected chi connectivity index (χ0v) is 13.7. The summed E-state index contributed by atoms with van der Waals surface area (Å²) in [6, 6.07) is -0.852. The number of rotatable bonds is 4. The van der Waals surface area contributed by atoms with Gasteiger partial charge < -0.3 is 9.80 Å². The summed E-state index contributed by atoms with van der Waals surface area (Å²) in [6.07, 6.45) is -0.444. The van der Waals surface area contributed by atoms with E-state index in [2.05, 4.69) is 30.7 Å². The molecule has 0 aliphatic carbocycles. The quantitative estimate of drug-likeness (QED) is 0.799. The Morgan fingerprint density at radius 1 is 1.48 bits per heavy atom. The van der Waals surface area contributed by atoms with Crippen molar-refractivity contribution >= 4 is 28.9 Å². The average Bonchev–Trinajstić information content (AvgIpc) is 2.72. The molecule has 0 saturated carbocycles. The van der Waals surface area contributed by atoms with Crippen LogP contribution >= 0.6 is 11.8 Å². The first-order chi connectivity index (χ1) is 9.81. The second-order valence-electron chi connectivity index (χ2n) is 5.97. The molecule has 6 nitrogen and oxygen atoms in total. The van der Waals surface area contributed by atoms with Crippen LogP contribution in [0.2, 0.25) is 0 Å². The molecule has 2 unspecified atom stereocenters. The molecule has 0 bridgehead atoms. The van der Waals surface area contributed by atoms with Gasteiger partial charge in [-0.1, -0.05) is 37.8 Å². The smallest absolute Gasteiger partial charge is 0.325 e. The average molecular weight is 310 g/mol. The zero-order valence-electron chi connectivity index (χ0n) is 12.9. The van der Waals surface area contributed by atoms with Crippen LogP contribution in [0.3, 0.4) is 0 Å². The molecular weight excluding hydrogens is 288 g/mol. The van der Waals surface area contributed by atoms with Crippen LogP contribution in [0.15, 0.2) is 17.1 Å². The van der Waals surface area contributed by atoms with Gasteiger partial charge in [0.05, 0.1) is 0 Å². The molecule has 1 N–H and O–H groups in total. The van der Waals surface area contributed by atoms with Crippen LogP contribution < -0.4 is 5.32 Å². The molecular formula is C14H22N4O2S. The largest absolute Gasteiger partial charge is 0.332 e. The van der Waals surface area contributed by atoms with Crippen LogP contribution in [0.4, 0.5) is 4.79 Å². The van der Waals surface area contributed by atoms with Crippen LogP contribution in [-0.4, -0.2) is 58.5 Å². The van der Waals surface area contributed by atoms with E-state index < -0.39 is 18.2 Å². The lowest BCUT2D eigenvalue weighted by Crippen LogP contribution is -2.63. The van der Waals surface area contributed by atoms with E-state index in [4.69, 9.17) is 0 Å². The molecule has 1 fully saturated rings. The highest BCUT2D eigenvalue weighted by atomic mass is 32.2. The van der Waals surface area contributed by atoms with E-state index in [-0.39, 0.29) is 5.91 Å². The minimum absolute atomic E-state index is 0.284. The molecule has 1 saturated heterocycles. The van der Waals surface area contributed by atoms with Gasteiger partial charge in [-0.05, 0) is 12.8 Å². The number of aliphatic imine (C=N–C) groups is 1. The molecule has 0 spiro atoms. The van der Waals surface area contributed by atoms with Gasteiger partial charge in [-0.3, -0.25) is 10.1 Å². The van der Waals surface area contributed by atoms with Crippen molar-refractivity contribution in [2.45, 2.75) is 33.0 Å². The normalized spacial score (nSPS) is 25.1. The third-order valence-corrected chi connectivity index (χ3v) is 4.74. The van der Waals surface area contributed by atoms with Crippen LogP contribution in [0, 0.1) is 5.92 Å². The van der Waals surface area contributed by atoms with Crippen LogP contribution in [-0.2, 0) is 4.79 Å². The number of carbonyl (C=O) groups excluding carboxylic acids is 2. The second kappa shape index (κ2) is 6.09. The predicted molar refractivity (Wildman–Crippen MR) is 85.1 cm³/mol. The van der Waals surface area contributed by atoms with Gasteiger partial charge >= 0.3 is 6.03 Å². The van der Waals surface area contributed by atoms with Crippen molar-refractivity contribution < 1.29 is 9.59 Å². The fourth-order valence-corrected chi connectivity index (χ4v) is 3.33. The number of thioether (sulfide) groups is 1. The maximum Gasteiger partial charge on any atom is 0.325 e. The summed E-state index contributed by atoms with van der Waals surface area (Å²) in [7, 11) is 1.66. The molecule has 21 heavy (non-hydrogen) atoms. The predicted octanol–water partition coefficient (Wildman–Crippen LogP) is 1.50. The highest BCUT2D eigenvalue weighted by Gasteiger charge is 2.48. The maximum atomic E-state index is 12.2. The number of carbonyl (C=O) groups is 2. The minimum atomic E-state index is -0.459. The summed E-state index contributed by atoms with van der Waals surface area (Å²) < 4.78 is 0. The molecule has 0 radical (unpaired) electrons. The topological polar surface area (TPSA) is 65.0 Å². The molecule has 2 aliphatic rings. The van der Waals surface area contributed by atoms with E-state index in [0.29, 0.717) is 12.5 Å². The van der Waals surface area contributed by atoms with Crippen molar-refractivity contribution in [3.05, 3.63) is 12.2 Å². The third-order valence-electron chi connectivity index (χ3n) is 3.31. The van der Waals surface area contributed by atoms with Gasteiger partial charge in [-0.2, -0.15) is 0 Å². The summed E-state index contributed by atoms with van der Waals surface area (Å²) in [5.74, 6) is 1.16. The Balaban J connectivity index is 2.26. The highest BCUT2D eigenvalue weighted by molar-refractivity contribution is 8.13. The Morgan fingerprint density at radius 2 is 2.14 bits per heavy atom. The molecule has 3 amide bonds. The first-order valence-electron chi connectivity index (χ1n) is 7.00. The molecule has 2 atom stereocenters. The van der Waals surface area contributed by atoms with E-state index in [0.717, 1.165) is 16.5 Å². The number of nitrogens with one attached hydrogen (secondary N) is 1. The Labute approximate surface area is 129 Å². The number of urea groups is 1. The van der Waals surface area contributed by atoms with Crippen molar-refractivity contribution in [3.8, 4) is 0 Å². The molecule has 0 aromatic carbocycles. The molecule has 0 aromatic heterocycles. The number of imide groups is 1. The number of amidine groups is 1. The van der Waals surface area contributed by atoms with Crippen LogP contribution in [0.5, 0.6) is 0 Å². The van der Waals surface area contributed by atoms with E-state index in [9.17, 15) is 9.59 Å². The van der Waals surface area contributed by atoms with Gasteiger partial charge in [0, 0.05) is 19.3 Å². The Hall–Kier alpha value is -1.50. The number of fused-ring (bicyclic) bond motifs is 1. The van der Waals surface area contributed by atoms with Crippen LogP contribution in [0.1, 0.15) is 20.8 Å². The SMILES string of the molecule is C=C(C)CN1C(SCC(C)C)=NC2C1C(=O)NC(=O)N2C. The lowest BCUT2D eigenvalue weighted by molar-refractivity contribution is -0.126. The number of nitrogens with zero attached hydrogens (tertiary/aromatic N) is 3. The van der Waals surface area contributed by atoms with Gasteiger partial charge in [0.25, 0.3) is 5.91 Å². The highest BCUT2D eigenvalue weighted by Crippen LogP contribution is 2.29. The van der Waals surface area contributed by atoms with Crippen molar-refractivity contribution in [2.75, 3.05) is 19.3 Å². The molecule has 7 heteroatoms. The summed E-state index contributed by atoms with van der Waals surface area (Å²) in [4.78, 5) is 32.0. The second-order valence-corrected chi connectivity index (χ2v) is 6.95. The number of hydrogen-bond donors (Lipinski definition) is 1. The number of amides is 3. The monoisotopic (exact) mass is 310 g/mol. The molecule has 116 valence electrons. The molecule has 2 heterocycles. The van der Waals surface area contributed by atoms with E-state index >= 15 is 0 Å². The first kappa shape index (κ1) is 15.9. The van der Waals surface area contributed by atoms with Gasteiger partial charge in [-0.25, -0.2) is 9.79 Å². The van der Waals surface area contributed by atoms with Crippen molar-refractivity contribution in [2.24, 2.45) is 10.9 Å². The van der Waals surface area contributed by atoms with Crippen LogP contribution in [0.25, 0.3) is 0 Å². The summed E-state index contributed by atoms with van der Waals surface area (Å²) in [5, 5.41) is 3.20. The molecule has 2 rings (SSSR count). The standard InChI is InChI=1S/C14H22N4O2S/c1-8(2)6-18-10-11(15-14(18)21-7-9(3)4)17(5)13(20)16-12(10)19/h9-11H,1,6-7H2,2-5H3,(H,16,19,20). The summed E-state index contributed by atoms with van der Waals surface area (Å²) in [6.45, 7) is 10.7. The Bertz CT molecular complexity index is 503. The van der Waals surface area contributed by atoms with E-state index in [1.807, 2.05) is 11.8 Å². The summed E-state index contributed by atoms with van der Waals surface area (Å²) >= 11 is 1.63. The lowest BCUT2D eigenvalue weighted by atomic mass is 10.1. The van der Waals surface area contributed by atoms with E-state index in [1.54, 1.807) is 18.8 Å². The Kier molecular flexibility index (Phi) is 4.61. The van der Waals surface area contributed by atoms with Gasteiger partial charge in [0.15, 0.2) is 17.4 Å². The van der Waals surface area contributed by atoms with Crippen molar-refractivity contribution in [3.63, 3.8) is 0 Å². The van der Waals surface area contributed by atoms with Gasteiger partial charge in [0.2, 0.25) is 0 Å². The van der Waals surface area contributed by atoms with Crippen molar-refractivity contribution in [1.82, 2.24) is 15.1 Å². The lowest BCUT2D eigenvalue weighted by Gasteiger charge is -2.36. The number of likely N-dealkylation sites (N-methyl/N-ethyl adjacent to an activating group) is 1. The molecule has 0 aromatic rings. The number of hydrogen-bond acceptors (Lipinski definition) is 5. The minimum Gasteiger partial charge on any atom is -0.332 e. The van der Waals surface area contributed by atoms with E-state index in [1.165, 1.54) is 4.90 Å². The van der Waals surface area contributed by atoms with Gasteiger partial charge in [0.1, 0.15) is 0 Å². The molecule has 2 aliphatic heterocycles. The maximum absolute atomic E-state index is 12.2. The first-order valence-corrected chi connectivity index (χ1v) is 7.99. The summed E-state index contributed by atoms with van der Waals surface area (Å²) in [5.41, 5.74) is 0.959. The third kappa shape index (κ3) is 3.23. The fraction of sp³-hybridized carbons (Fsp3) is 0.643. The Morgan fingerprint density at radius 3 is 2.71 bits per heavy atom. The van der Waals surface area contributed by atoms with Crippen molar-refractivity contribution in [1.29, 1.82) is 0 Å².